The third kappa shape index (κ3) is 3.11. The van der Waals surface area contributed by atoms with Crippen LogP contribution in [0.15, 0.2) is 24.5 Å². The van der Waals surface area contributed by atoms with E-state index < -0.39 is 0 Å². The van der Waals surface area contributed by atoms with Crippen LogP contribution in [0.4, 0.5) is 0 Å². The minimum atomic E-state index is -0.0608. The molecule has 0 aromatic carbocycles. The lowest BCUT2D eigenvalue weighted by Crippen LogP contribution is -2.45. The van der Waals surface area contributed by atoms with Gasteiger partial charge in [-0.15, -0.1) is 0 Å². The van der Waals surface area contributed by atoms with Gasteiger partial charge in [0.15, 0.2) is 0 Å². The van der Waals surface area contributed by atoms with Crippen LogP contribution in [0.25, 0.3) is 0 Å². The van der Waals surface area contributed by atoms with Crippen molar-refractivity contribution in [2.24, 2.45) is 17.8 Å². The minimum absolute atomic E-state index is 0.0608. The van der Waals surface area contributed by atoms with Gasteiger partial charge in [-0.2, -0.15) is 0 Å². The number of ether oxygens (including phenoxy) is 1. The zero-order valence-electron chi connectivity index (χ0n) is 13.3. The Kier molecular flexibility index (Phi) is 4.29. The summed E-state index contributed by atoms with van der Waals surface area (Å²) in [5.41, 5.74) is 1.27. The van der Waals surface area contributed by atoms with Gasteiger partial charge in [-0.3, -0.25) is 19.5 Å². The fourth-order valence-corrected chi connectivity index (χ4v) is 4.03. The molecule has 1 aromatic rings. The van der Waals surface area contributed by atoms with Crippen LogP contribution in [-0.4, -0.2) is 60.3 Å². The number of nitrogens with zero attached hydrogens (tertiary/aromatic N) is 3. The summed E-state index contributed by atoms with van der Waals surface area (Å²) in [6.07, 6.45) is 4.60. The first kappa shape index (κ1) is 15.1. The number of carbonyl (C=O) groups excluding carboxylic acids is 1. The molecule has 0 spiro atoms. The first-order valence-corrected chi connectivity index (χ1v) is 8.44. The van der Waals surface area contributed by atoms with E-state index >= 15 is 0 Å². The molecule has 0 N–H and O–H groups in total. The normalized spacial score (nSPS) is 31.3. The predicted octanol–water partition coefficient (Wildman–Crippen LogP) is 0.940. The maximum absolute atomic E-state index is 12.7. The summed E-state index contributed by atoms with van der Waals surface area (Å²) in [4.78, 5) is 24.7. The Morgan fingerprint density at radius 1 is 1.26 bits per heavy atom. The highest BCUT2D eigenvalue weighted by Crippen LogP contribution is 2.36. The van der Waals surface area contributed by atoms with Crippen LogP contribution in [0.5, 0.6) is 0 Å². The zero-order valence-corrected chi connectivity index (χ0v) is 13.3. The minimum Gasteiger partial charge on any atom is -0.380 e. The maximum atomic E-state index is 12.7. The maximum Gasteiger partial charge on any atom is 0.251 e. The molecule has 3 fully saturated rings. The largest absolute Gasteiger partial charge is 0.380 e. The molecule has 4 heterocycles. The molecule has 3 saturated heterocycles. The van der Waals surface area contributed by atoms with Crippen LogP contribution in [-0.2, 0) is 20.9 Å². The first-order valence-electron chi connectivity index (χ1n) is 8.44. The number of hydroxylamine groups is 2. The van der Waals surface area contributed by atoms with Crippen molar-refractivity contribution in [1.82, 2.24) is 14.9 Å². The van der Waals surface area contributed by atoms with E-state index in [4.69, 9.17) is 9.57 Å². The van der Waals surface area contributed by atoms with Crippen LogP contribution in [0.1, 0.15) is 12.0 Å². The number of likely N-dealkylation sites (tertiary alicyclic amines) is 1. The number of carbonyl (C=O) groups is 1. The molecule has 3 aliphatic rings. The van der Waals surface area contributed by atoms with Gasteiger partial charge >= 0.3 is 0 Å². The summed E-state index contributed by atoms with van der Waals surface area (Å²) in [6.45, 7) is 5.54. The van der Waals surface area contributed by atoms with Crippen molar-refractivity contribution >= 4 is 5.91 Å². The third-order valence-electron chi connectivity index (χ3n) is 5.18. The molecule has 0 radical (unpaired) electrons. The second kappa shape index (κ2) is 6.55. The number of aromatic nitrogens is 1. The number of hydrogen-bond acceptors (Lipinski definition) is 5. The zero-order chi connectivity index (χ0) is 15.6. The van der Waals surface area contributed by atoms with Crippen molar-refractivity contribution in [3.05, 3.63) is 30.1 Å². The van der Waals surface area contributed by atoms with Crippen LogP contribution in [0, 0.1) is 17.8 Å². The van der Waals surface area contributed by atoms with E-state index in [0.29, 0.717) is 31.6 Å². The highest BCUT2D eigenvalue weighted by atomic mass is 16.7. The Morgan fingerprint density at radius 2 is 2.13 bits per heavy atom. The lowest BCUT2D eigenvalue weighted by Gasteiger charge is -2.33. The quantitative estimate of drug-likeness (QED) is 0.830. The molecule has 3 aliphatic heterocycles. The molecule has 0 saturated carbocycles. The first-order chi connectivity index (χ1) is 11.3. The fourth-order valence-electron chi connectivity index (χ4n) is 4.03. The molecule has 124 valence electrons. The van der Waals surface area contributed by atoms with Gasteiger partial charge in [0.05, 0.1) is 32.3 Å². The number of fused-ring (bicyclic) bond motifs is 1. The van der Waals surface area contributed by atoms with E-state index in [0.717, 1.165) is 32.7 Å². The van der Waals surface area contributed by atoms with Crippen molar-refractivity contribution in [2.45, 2.75) is 13.0 Å². The number of pyridine rings is 1. The monoisotopic (exact) mass is 317 g/mol. The number of amides is 1. The molecule has 0 bridgehead atoms. The molecule has 0 aliphatic carbocycles. The Labute approximate surface area is 136 Å². The topological polar surface area (TPSA) is 54.9 Å². The Bertz CT molecular complexity index is 547. The average molecular weight is 317 g/mol. The van der Waals surface area contributed by atoms with E-state index in [1.165, 1.54) is 5.56 Å². The van der Waals surface area contributed by atoms with Gasteiger partial charge in [0, 0.05) is 32.0 Å². The standard InChI is InChI=1S/C17H23N3O3/c21-17(20-6-1-7-23-20)16-12-22-11-14-9-19(10-15(14)16)8-13-2-4-18-5-3-13/h2-5,14-16H,1,6-12H2/t14-,15-,16+/m1/s1. The summed E-state index contributed by atoms with van der Waals surface area (Å²) in [6, 6.07) is 4.11. The lowest BCUT2D eigenvalue weighted by molar-refractivity contribution is -0.181. The van der Waals surface area contributed by atoms with E-state index in [1.807, 2.05) is 12.4 Å². The molecular weight excluding hydrogens is 294 g/mol. The lowest BCUT2D eigenvalue weighted by atomic mass is 9.82. The third-order valence-corrected chi connectivity index (χ3v) is 5.18. The SMILES string of the molecule is O=C([C@H]1COC[C@H]2CN(Cc3ccncc3)C[C@H]21)N1CCCO1. The van der Waals surface area contributed by atoms with Gasteiger partial charge in [-0.25, -0.2) is 5.06 Å². The van der Waals surface area contributed by atoms with E-state index in [-0.39, 0.29) is 11.8 Å². The molecule has 6 heteroatoms. The predicted molar refractivity (Wildman–Crippen MR) is 83.1 cm³/mol. The van der Waals surface area contributed by atoms with Gasteiger partial charge in [0.1, 0.15) is 0 Å². The summed E-state index contributed by atoms with van der Waals surface area (Å²) >= 11 is 0. The van der Waals surface area contributed by atoms with Crippen LogP contribution in [0.3, 0.4) is 0 Å². The van der Waals surface area contributed by atoms with E-state index in [1.54, 1.807) is 5.06 Å². The molecule has 1 aromatic heterocycles. The molecule has 1 amide bonds. The highest BCUT2D eigenvalue weighted by Gasteiger charge is 2.45. The van der Waals surface area contributed by atoms with Crippen LogP contribution < -0.4 is 0 Å². The molecule has 0 unspecified atom stereocenters. The van der Waals surface area contributed by atoms with Gasteiger partial charge in [-0.1, -0.05) is 0 Å². The number of hydrogen-bond donors (Lipinski definition) is 0. The fraction of sp³-hybridized carbons (Fsp3) is 0.647. The van der Waals surface area contributed by atoms with Crippen molar-refractivity contribution < 1.29 is 14.4 Å². The van der Waals surface area contributed by atoms with Gasteiger partial charge in [-0.05, 0) is 36.0 Å². The molecular formula is C17H23N3O3. The van der Waals surface area contributed by atoms with Crippen molar-refractivity contribution in [2.75, 3.05) is 39.5 Å². The van der Waals surface area contributed by atoms with Gasteiger partial charge < -0.3 is 4.74 Å². The smallest absolute Gasteiger partial charge is 0.251 e. The van der Waals surface area contributed by atoms with Gasteiger partial charge in [0.25, 0.3) is 5.91 Å². The van der Waals surface area contributed by atoms with Crippen molar-refractivity contribution in [1.29, 1.82) is 0 Å². The number of rotatable bonds is 3. The van der Waals surface area contributed by atoms with E-state index in [2.05, 4.69) is 22.0 Å². The molecule has 6 nitrogen and oxygen atoms in total. The molecule has 4 rings (SSSR count). The highest BCUT2D eigenvalue weighted by molar-refractivity contribution is 5.78. The molecule has 23 heavy (non-hydrogen) atoms. The summed E-state index contributed by atoms with van der Waals surface area (Å²) in [5.74, 6) is 0.877. The average Bonchev–Trinajstić information content (AvgIpc) is 3.24. The summed E-state index contributed by atoms with van der Waals surface area (Å²) in [7, 11) is 0. The summed E-state index contributed by atoms with van der Waals surface area (Å²) in [5, 5.41) is 1.56. The van der Waals surface area contributed by atoms with E-state index in [9.17, 15) is 4.79 Å². The summed E-state index contributed by atoms with van der Waals surface area (Å²) < 4.78 is 5.74. The molecule has 3 atom stereocenters. The van der Waals surface area contributed by atoms with Crippen LogP contribution in [0.2, 0.25) is 0 Å². The second-order valence-electron chi connectivity index (χ2n) is 6.74. The van der Waals surface area contributed by atoms with Crippen LogP contribution >= 0.6 is 0 Å². The van der Waals surface area contributed by atoms with Crippen molar-refractivity contribution in [3.63, 3.8) is 0 Å². The van der Waals surface area contributed by atoms with Gasteiger partial charge in [0.2, 0.25) is 0 Å². The Balaban J connectivity index is 1.42. The second-order valence-corrected chi connectivity index (χ2v) is 6.74. The van der Waals surface area contributed by atoms with Crippen molar-refractivity contribution in [3.8, 4) is 0 Å². The Morgan fingerprint density at radius 3 is 2.91 bits per heavy atom. The Hall–Kier alpha value is -1.50.